The van der Waals surface area contributed by atoms with Gasteiger partial charge in [-0.3, -0.25) is 9.91 Å². The molecule has 0 radical (unpaired) electrons. The van der Waals surface area contributed by atoms with Crippen LogP contribution in [0.15, 0.2) is 11.8 Å². The fourth-order valence-corrected chi connectivity index (χ4v) is 1.59. The van der Waals surface area contributed by atoms with Gasteiger partial charge in [-0.25, -0.2) is 10.2 Å². The normalized spacial score (nSPS) is 24.5. The van der Waals surface area contributed by atoms with Gasteiger partial charge in [-0.2, -0.15) is 0 Å². The molecule has 1 heterocycles. The van der Waals surface area contributed by atoms with Crippen molar-refractivity contribution in [3.63, 3.8) is 0 Å². The van der Waals surface area contributed by atoms with Gasteiger partial charge in [0.2, 0.25) is 0 Å². The molecule has 0 aromatic heterocycles. The lowest BCUT2D eigenvalue weighted by atomic mass is 10.3. The summed E-state index contributed by atoms with van der Waals surface area (Å²) >= 11 is 0. The molecular weight excluding hydrogens is 166 g/mol. The molecule has 1 aliphatic heterocycles. The Hall–Kier alpha value is -1.03. The Kier molecular flexibility index (Phi) is 2.00. The number of hydrogen-bond donors (Lipinski definition) is 1. The van der Waals surface area contributed by atoms with Crippen molar-refractivity contribution in [1.29, 1.82) is 0 Å². The lowest BCUT2D eigenvalue weighted by Gasteiger charge is -2.25. The Morgan fingerprint density at radius 3 is 2.85 bits per heavy atom. The molecule has 0 unspecified atom stereocenters. The summed E-state index contributed by atoms with van der Waals surface area (Å²) in [6.07, 6.45) is 4.34. The Morgan fingerprint density at radius 1 is 1.54 bits per heavy atom. The molecule has 1 fully saturated rings. The van der Waals surface area contributed by atoms with E-state index in [1.807, 2.05) is 11.8 Å². The number of amides is 2. The van der Waals surface area contributed by atoms with Crippen molar-refractivity contribution in [2.45, 2.75) is 25.8 Å². The molecule has 0 saturated heterocycles. The van der Waals surface area contributed by atoms with Crippen molar-refractivity contribution < 1.29 is 4.79 Å². The monoisotopic (exact) mass is 181 g/mol. The zero-order valence-corrected chi connectivity index (χ0v) is 8.08. The molecule has 0 spiro atoms. The average molecular weight is 181 g/mol. The second kappa shape index (κ2) is 3.03. The largest absolute Gasteiger partial charge is 0.338 e. The maximum Gasteiger partial charge on any atom is 0.338 e. The lowest BCUT2D eigenvalue weighted by Crippen LogP contribution is -2.45. The van der Waals surface area contributed by atoms with Crippen LogP contribution in [0.1, 0.15) is 19.8 Å². The zero-order valence-electron chi connectivity index (χ0n) is 8.08. The summed E-state index contributed by atoms with van der Waals surface area (Å²) in [6, 6.07) is 0.514. The molecular formula is C9H15N3O. The minimum Gasteiger partial charge on any atom is -0.295 e. The van der Waals surface area contributed by atoms with E-state index in [9.17, 15) is 4.79 Å². The van der Waals surface area contributed by atoms with Gasteiger partial charge in [-0.15, -0.1) is 0 Å². The predicted molar refractivity (Wildman–Crippen MR) is 49.8 cm³/mol. The van der Waals surface area contributed by atoms with Crippen molar-refractivity contribution in [2.24, 2.45) is 0 Å². The van der Waals surface area contributed by atoms with Crippen molar-refractivity contribution in [1.82, 2.24) is 15.3 Å². The average Bonchev–Trinajstić information content (AvgIpc) is 2.87. The Labute approximate surface area is 78.2 Å². The van der Waals surface area contributed by atoms with Gasteiger partial charge in [-0.1, -0.05) is 0 Å². The van der Waals surface area contributed by atoms with E-state index in [2.05, 4.69) is 11.5 Å². The number of nitrogens with zero attached hydrogens (tertiary/aromatic N) is 2. The lowest BCUT2D eigenvalue weighted by molar-refractivity contribution is 0.160. The maximum absolute atomic E-state index is 11.8. The molecule has 0 aromatic carbocycles. The minimum atomic E-state index is 0.0637. The van der Waals surface area contributed by atoms with Gasteiger partial charge in [0, 0.05) is 25.3 Å². The minimum absolute atomic E-state index is 0.0637. The fraction of sp³-hybridized carbons (Fsp3) is 0.667. The van der Waals surface area contributed by atoms with E-state index in [1.165, 1.54) is 0 Å². The summed E-state index contributed by atoms with van der Waals surface area (Å²) in [5.74, 6) is 0. The molecule has 4 nitrogen and oxygen atoms in total. The smallest absolute Gasteiger partial charge is 0.295 e. The van der Waals surface area contributed by atoms with Crippen LogP contribution in [-0.2, 0) is 0 Å². The van der Waals surface area contributed by atoms with E-state index in [0.29, 0.717) is 6.04 Å². The van der Waals surface area contributed by atoms with E-state index in [4.69, 9.17) is 0 Å². The van der Waals surface area contributed by atoms with Gasteiger partial charge < -0.3 is 0 Å². The van der Waals surface area contributed by atoms with Crippen molar-refractivity contribution >= 4 is 6.03 Å². The first kappa shape index (κ1) is 8.56. The van der Waals surface area contributed by atoms with E-state index >= 15 is 0 Å². The number of hydrogen-bond acceptors (Lipinski definition) is 2. The van der Waals surface area contributed by atoms with E-state index in [0.717, 1.165) is 25.1 Å². The molecule has 2 rings (SSSR count). The topological polar surface area (TPSA) is 35.6 Å². The van der Waals surface area contributed by atoms with Gasteiger partial charge in [0.1, 0.15) is 0 Å². The number of allylic oxidation sites excluding steroid dienone is 1. The molecule has 0 aromatic rings. The van der Waals surface area contributed by atoms with E-state index in [-0.39, 0.29) is 6.03 Å². The second-order valence-electron chi connectivity index (χ2n) is 3.65. The molecule has 72 valence electrons. The maximum atomic E-state index is 11.8. The number of carbonyl (C=O) groups is 1. The molecule has 2 amide bonds. The van der Waals surface area contributed by atoms with Crippen LogP contribution in [0.2, 0.25) is 0 Å². The molecule has 1 saturated carbocycles. The second-order valence-corrected chi connectivity index (χ2v) is 3.65. The van der Waals surface area contributed by atoms with Crippen molar-refractivity contribution in [3.05, 3.63) is 11.8 Å². The number of rotatable bonds is 1. The summed E-state index contributed by atoms with van der Waals surface area (Å²) in [4.78, 5) is 13.7. The number of hydrazine groups is 1. The molecule has 2 aliphatic rings. The first-order valence-corrected chi connectivity index (χ1v) is 4.67. The third-order valence-corrected chi connectivity index (χ3v) is 2.51. The summed E-state index contributed by atoms with van der Waals surface area (Å²) in [5, 5.41) is 1.56. The number of urea groups is 1. The fourth-order valence-electron chi connectivity index (χ4n) is 1.59. The summed E-state index contributed by atoms with van der Waals surface area (Å²) in [6.45, 7) is 2.73. The SMILES string of the molecule is CC1=CCNN(C)C(=O)N1C1CC1. The molecule has 13 heavy (non-hydrogen) atoms. The van der Waals surface area contributed by atoms with Crippen LogP contribution in [0, 0.1) is 0 Å². The summed E-state index contributed by atoms with van der Waals surface area (Å²) in [5.41, 5.74) is 4.08. The van der Waals surface area contributed by atoms with Crippen LogP contribution < -0.4 is 5.43 Å². The quantitative estimate of drug-likeness (QED) is 0.653. The highest BCUT2D eigenvalue weighted by molar-refractivity contribution is 5.76. The molecule has 0 atom stereocenters. The first-order chi connectivity index (χ1) is 6.20. The van der Waals surface area contributed by atoms with Gasteiger partial charge in [0.15, 0.2) is 0 Å². The highest BCUT2D eigenvalue weighted by Crippen LogP contribution is 2.30. The van der Waals surface area contributed by atoms with E-state index in [1.54, 1.807) is 12.1 Å². The van der Waals surface area contributed by atoms with Crippen molar-refractivity contribution in [2.75, 3.05) is 13.6 Å². The van der Waals surface area contributed by atoms with Crippen LogP contribution in [0.25, 0.3) is 0 Å². The number of carbonyl (C=O) groups excluding carboxylic acids is 1. The summed E-state index contributed by atoms with van der Waals surface area (Å²) < 4.78 is 0. The van der Waals surface area contributed by atoms with Gasteiger partial charge in [-0.05, 0) is 25.8 Å². The summed E-state index contributed by atoms with van der Waals surface area (Å²) in [7, 11) is 1.77. The van der Waals surface area contributed by atoms with Crippen LogP contribution in [0.5, 0.6) is 0 Å². The van der Waals surface area contributed by atoms with Gasteiger partial charge >= 0.3 is 6.03 Å². The Balaban J connectivity index is 2.20. The highest BCUT2D eigenvalue weighted by Gasteiger charge is 2.35. The van der Waals surface area contributed by atoms with Crippen LogP contribution in [-0.4, -0.2) is 35.6 Å². The number of nitrogens with one attached hydrogen (secondary N) is 1. The Bertz CT molecular complexity index is 258. The molecule has 1 N–H and O–H groups in total. The highest BCUT2D eigenvalue weighted by atomic mass is 16.2. The van der Waals surface area contributed by atoms with Crippen LogP contribution in [0.4, 0.5) is 4.79 Å². The van der Waals surface area contributed by atoms with Crippen LogP contribution >= 0.6 is 0 Å². The predicted octanol–water partition coefficient (Wildman–Crippen LogP) is 0.925. The van der Waals surface area contributed by atoms with Crippen LogP contribution in [0.3, 0.4) is 0 Å². The third kappa shape index (κ3) is 1.54. The first-order valence-electron chi connectivity index (χ1n) is 4.67. The zero-order chi connectivity index (χ0) is 9.42. The Morgan fingerprint density at radius 2 is 2.23 bits per heavy atom. The molecule has 0 bridgehead atoms. The standard InChI is InChI=1S/C9H15N3O/c1-7-5-6-10-11(2)9(13)12(7)8-3-4-8/h5,8,10H,3-4,6H2,1-2H3. The third-order valence-electron chi connectivity index (χ3n) is 2.51. The molecule has 1 aliphatic carbocycles. The molecule has 4 heteroatoms. The van der Waals surface area contributed by atoms with Gasteiger partial charge in [0.25, 0.3) is 0 Å². The van der Waals surface area contributed by atoms with Gasteiger partial charge in [0.05, 0.1) is 0 Å². The van der Waals surface area contributed by atoms with Crippen molar-refractivity contribution in [3.8, 4) is 0 Å². The van der Waals surface area contributed by atoms with E-state index < -0.39 is 0 Å².